The molecule has 2 saturated carbocycles. The molecule has 3 rings (SSSR count). The molecule has 2 aliphatic carbocycles. The second kappa shape index (κ2) is 6.19. The van der Waals surface area contributed by atoms with E-state index in [0.29, 0.717) is 29.3 Å². The first-order valence-corrected chi connectivity index (χ1v) is 8.46. The van der Waals surface area contributed by atoms with E-state index in [0.717, 1.165) is 11.7 Å². The van der Waals surface area contributed by atoms with E-state index in [1.807, 2.05) is 0 Å². The van der Waals surface area contributed by atoms with Crippen molar-refractivity contribution in [1.82, 2.24) is 15.2 Å². The summed E-state index contributed by atoms with van der Waals surface area (Å²) in [6.07, 6.45) is 6.17. The number of nitrogen functional groups attached to an aromatic ring is 1. The number of hydrogen-bond donors (Lipinski definition) is 3. The lowest BCUT2D eigenvalue weighted by atomic mass is 9.93. The standard InChI is InChI=1S/C14H23N5OS/c1-19(10-5-6-10)8-7-16-13(20)11-12(15)18-14(21-11)17-9-3-2-4-9/h9-10H,2-8,15H2,1H3,(H,16,20)(H,17,18). The average molecular weight is 309 g/mol. The van der Waals surface area contributed by atoms with Crippen LogP contribution in [0, 0.1) is 0 Å². The van der Waals surface area contributed by atoms with Gasteiger partial charge in [-0.05, 0) is 39.2 Å². The topological polar surface area (TPSA) is 83.3 Å². The van der Waals surface area contributed by atoms with Gasteiger partial charge in [-0.25, -0.2) is 4.98 Å². The Bertz CT molecular complexity index is 509. The molecular formula is C14H23N5OS. The molecule has 0 spiro atoms. The van der Waals surface area contributed by atoms with Gasteiger partial charge in [-0.2, -0.15) is 0 Å². The van der Waals surface area contributed by atoms with Gasteiger partial charge in [0.25, 0.3) is 5.91 Å². The second-order valence-corrected chi connectivity index (χ2v) is 6.97. The Labute approximate surface area is 129 Å². The molecule has 0 aliphatic heterocycles. The summed E-state index contributed by atoms with van der Waals surface area (Å²) in [6.45, 7) is 1.52. The summed E-state index contributed by atoms with van der Waals surface area (Å²) in [5, 5.41) is 7.02. The lowest BCUT2D eigenvalue weighted by Crippen LogP contribution is -2.33. The fourth-order valence-corrected chi connectivity index (χ4v) is 3.29. The largest absolute Gasteiger partial charge is 0.382 e. The molecule has 116 valence electrons. The highest BCUT2D eigenvalue weighted by Gasteiger charge is 2.26. The van der Waals surface area contributed by atoms with E-state index in [1.54, 1.807) is 0 Å². The van der Waals surface area contributed by atoms with Crippen molar-refractivity contribution in [3.8, 4) is 0 Å². The van der Waals surface area contributed by atoms with Crippen LogP contribution in [0.3, 0.4) is 0 Å². The van der Waals surface area contributed by atoms with Gasteiger partial charge < -0.3 is 21.3 Å². The molecule has 7 heteroatoms. The Hall–Kier alpha value is -1.34. The summed E-state index contributed by atoms with van der Waals surface area (Å²) in [4.78, 5) is 19.2. The third-order valence-electron chi connectivity index (χ3n) is 4.21. The number of nitrogens with zero attached hydrogens (tertiary/aromatic N) is 2. The molecule has 2 fully saturated rings. The minimum Gasteiger partial charge on any atom is -0.382 e. The van der Waals surface area contributed by atoms with Gasteiger partial charge in [-0.3, -0.25) is 4.79 Å². The van der Waals surface area contributed by atoms with Crippen molar-refractivity contribution in [3.63, 3.8) is 0 Å². The number of likely N-dealkylation sites (N-methyl/N-ethyl adjacent to an activating group) is 1. The van der Waals surface area contributed by atoms with E-state index < -0.39 is 0 Å². The maximum atomic E-state index is 12.1. The summed E-state index contributed by atoms with van der Waals surface area (Å²) in [6, 6.07) is 1.22. The summed E-state index contributed by atoms with van der Waals surface area (Å²) in [7, 11) is 2.10. The fourth-order valence-electron chi connectivity index (χ4n) is 2.41. The van der Waals surface area contributed by atoms with Gasteiger partial charge in [-0.15, -0.1) is 0 Å². The smallest absolute Gasteiger partial charge is 0.265 e. The molecule has 0 saturated heterocycles. The van der Waals surface area contributed by atoms with Crippen molar-refractivity contribution >= 4 is 28.2 Å². The summed E-state index contributed by atoms with van der Waals surface area (Å²) in [5.41, 5.74) is 5.86. The predicted octanol–water partition coefficient (Wildman–Crippen LogP) is 1.51. The zero-order valence-electron chi connectivity index (χ0n) is 12.4. The molecule has 0 atom stereocenters. The second-order valence-electron chi connectivity index (χ2n) is 5.97. The van der Waals surface area contributed by atoms with Crippen LogP contribution < -0.4 is 16.4 Å². The number of aromatic nitrogens is 1. The summed E-state index contributed by atoms with van der Waals surface area (Å²) >= 11 is 1.35. The van der Waals surface area contributed by atoms with Crippen LogP contribution in [0.2, 0.25) is 0 Å². The van der Waals surface area contributed by atoms with Crippen molar-refractivity contribution in [2.45, 2.75) is 44.2 Å². The molecule has 1 heterocycles. The van der Waals surface area contributed by atoms with Gasteiger partial charge in [0.1, 0.15) is 10.7 Å². The van der Waals surface area contributed by atoms with Crippen molar-refractivity contribution < 1.29 is 4.79 Å². The molecule has 0 radical (unpaired) electrons. The molecule has 6 nitrogen and oxygen atoms in total. The van der Waals surface area contributed by atoms with Gasteiger partial charge in [0, 0.05) is 25.2 Å². The van der Waals surface area contributed by atoms with Crippen molar-refractivity contribution in [2.24, 2.45) is 0 Å². The number of anilines is 2. The van der Waals surface area contributed by atoms with Crippen LogP contribution in [0.15, 0.2) is 0 Å². The summed E-state index contributed by atoms with van der Waals surface area (Å²) < 4.78 is 0. The molecule has 1 aromatic heterocycles. The SMILES string of the molecule is CN(CCNC(=O)c1sc(NC2CCC2)nc1N)C1CC1. The molecule has 0 unspecified atom stereocenters. The normalized spacial score (nSPS) is 18.6. The van der Waals surface area contributed by atoms with E-state index in [2.05, 4.69) is 27.6 Å². The number of carbonyl (C=O) groups excluding carboxylic acids is 1. The zero-order valence-corrected chi connectivity index (χ0v) is 13.2. The lowest BCUT2D eigenvalue weighted by Gasteiger charge is -2.25. The first kappa shape index (κ1) is 14.6. The van der Waals surface area contributed by atoms with Crippen LogP contribution in [0.25, 0.3) is 0 Å². The first-order valence-electron chi connectivity index (χ1n) is 7.65. The van der Waals surface area contributed by atoms with E-state index in [9.17, 15) is 4.79 Å². The Kier molecular flexibility index (Phi) is 4.30. The van der Waals surface area contributed by atoms with E-state index in [4.69, 9.17) is 5.73 Å². The van der Waals surface area contributed by atoms with E-state index >= 15 is 0 Å². The van der Waals surface area contributed by atoms with Crippen LogP contribution >= 0.6 is 11.3 Å². The van der Waals surface area contributed by atoms with E-state index in [1.165, 1.54) is 43.4 Å². The first-order chi connectivity index (χ1) is 10.1. The minimum atomic E-state index is -0.115. The van der Waals surface area contributed by atoms with Crippen LogP contribution in [-0.4, -0.2) is 48.0 Å². The number of thiazole rings is 1. The van der Waals surface area contributed by atoms with Crippen molar-refractivity contribution in [1.29, 1.82) is 0 Å². The van der Waals surface area contributed by atoms with Gasteiger partial charge in [0.15, 0.2) is 5.13 Å². The molecule has 2 aliphatic rings. The third-order valence-corrected chi connectivity index (χ3v) is 5.21. The minimum absolute atomic E-state index is 0.115. The molecule has 0 bridgehead atoms. The maximum Gasteiger partial charge on any atom is 0.265 e. The molecule has 0 aromatic carbocycles. The van der Waals surface area contributed by atoms with Gasteiger partial charge in [0.2, 0.25) is 0 Å². The number of carbonyl (C=O) groups is 1. The highest BCUT2D eigenvalue weighted by atomic mass is 32.1. The van der Waals surface area contributed by atoms with E-state index in [-0.39, 0.29) is 5.91 Å². The highest BCUT2D eigenvalue weighted by molar-refractivity contribution is 7.18. The zero-order chi connectivity index (χ0) is 14.8. The highest BCUT2D eigenvalue weighted by Crippen LogP contribution is 2.29. The number of amides is 1. The number of nitrogens with one attached hydrogen (secondary N) is 2. The number of nitrogens with two attached hydrogens (primary N) is 1. The maximum absolute atomic E-state index is 12.1. The molecule has 4 N–H and O–H groups in total. The molecular weight excluding hydrogens is 286 g/mol. The Morgan fingerprint density at radius 2 is 2.19 bits per heavy atom. The molecule has 1 aromatic rings. The quantitative estimate of drug-likeness (QED) is 0.711. The average Bonchev–Trinajstić information content (AvgIpc) is 3.18. The third kappa shape index (κ3) is 3.65. The Morgan fingerprint density at radius 1 is 1.43 bits per heavy atom. The van der Waals surface area contributed by atoms with Crippen molar-refractivity contribution in [2.75, 3.05) is 31.2 Å². The predicted molar refractivity (Wildman–Crippen MR) is 85.8 cm³/mol. The molecule has 1 amide bonds. The Balaban J connectivity index is 1.48. The van der Waals surface area contributed by atoms with Crippen LogP contribution in [0.5, 0.6) is 0 Å². The summed E-state index contributed by atoms with van der Waals surface area (Å²) in [5.74, 6) is 0.214. The monoisotopic (exact) mass is 309 g/mol. The van der Waals surface area contributed by atoms with Crippen molar-refractivity contribution in [3.05, 3.63) is 4.88 Å². The van der Waals surface area contributed by atoms with Gasteiger partial charge in [0.05, 0.1) is 0 Å². The van der Waals surface area contributed by atoms with Crippen LogP contribution in [0.4, 0.5) is 10.9 Å². The van der Waals surface area contributed by atoms with Gasteiger partial charge in [-0.1, -0.05) is 11.3 Å². The lowest BCUT2D eigenvalue weighted by molar-refractivity contribution is 0.0954. The number of hydrogen-bond acceptors (Lipinski definition) is 6. The van der Waals surface area contributed by atoms with Crippen LogP contribution in [-0.2, 0) is 0 Å². The van der Waals surface area contributed by atoms with Gasteiger partial charge >= 0.3 is 0 Å². The number of rotatable bonds is 7. The Morgan fingerprint density at radius 3 is 2.81 bits per heavy atom. The molecule has 21 heavy (non-hydrogen) atoms. The fraction of sp³-hybridized carbons (Fsp3) is 0.714. The van der Waals surface area contributed by atoms with Crippen LogP contribution in [0.1, 0.15) is 41.8 Å².